The van der Waals surface area contributed by atoms with Gasteiger partial charge in [-0.25, -0.2) is 4.39 Å². The maximum atomic E-state index is 13.8. The summed E-state index contributed by atoms with van der Waals surface area (Å²) in [6.07, 6.45) is 12.6. The molecule has 1 heterocycles. The van der Waals surface area contributed by atoms with E-state index in [0.717, 1.165) is 11.8 Å². The Kier molecular flexibility index (Phi) is 7.60. The minimum atomic E-state index is -0.110. The minimum Gasteiger partial charge on any atom is -0.206 e. The first-order chi connectivity index (χ1) is 12.2. The van der Waals surface area contributed by atoms with Crippen LogP contribution in [0.1, 0.15) is 76.2 Å². The molecule has 1 aromatic rings. The number of rotatable bonds is 6. The van der Waals surface area contributed by atoms with Crippen LogP contribution in [0.15, 0.2) is 22.7 Å². The van der Waals surface area contributed by atoms with E-state index in [1.165, 1.54) is 63.4 Å². The number of hydrogen-bond acceptors (Lipinski definition) is 0. The normalized spacial score (nSPS) is 26.0. The molecule has 2 aliphatic rings. The number of halogens is 2. The molecule has 0 unspecified atom stereocenters. The molecule has 0 nitrogen and oxygen atoms in total. The fraction of sp³-hybridized carbons (Fsp3) is 0.727. The van der Waals surface area contributed by atoms with E-state index in [9.17, 15) is 4.39 Å². The van der Waals surface area contributed by atoms with Crippen molar-refractivity contribution in [2.45, 2.75) is 88.8 Å². The zero-order chi connectivity index (χ0) is 17.6. The molecule has 1 aliphatic carbocycles. The molecule has 1 saturated carbocycles. The monoisotopic (exact) mass is 423 g/mol. The molecule has 0 spiro atoms. The fourth-order valence-electron chi connectivity index (χ4n) is 5.00. The molecule has 139 valence electrons. The second-order valence-electron chi connectivity index (χ2n) is 8.41. The van der Waals surface area contributed by atoms with Gasteiger partial charge in [-0.1, -0.05) is 63.2 Å². The zero-order valence-electron chi connectivity index (χ0n) is 15.7. The number of benzene rings is 1. The van der Waals surface area contributed by atoms with Gasteiger partial charge in [-0.2, -0.15) is 0 Å². The van der Waals surface area contributed by atoms with Gasteiger partial charge in [0.2, 0.25) is 0 Å². The topological polar surface area (TPSA) is 0 Å². The van der Waals surface area contributed by atoms with Crippen LogP contribution in [0.3, 0.4) is 0 Å². The molecule has 0 atom stereocenters. The van der Waals surface area contributed by atoms with Crippen LogP contribution in [0.25, 0.3) is 0 Å². The molecular formula is C22H33BrFSi. The molecule has 1 aliphatic heterocycles. The van der Waals surface area contributed by atoms with Crippen molar-refractivity contribution in [1.29, 1.82) is 0 Å². The van der Waals surface area contributed by atoms with E-state index in [1.807, 2.05) is 6.07 Å². The van der Waals surface area contributed by atoms with E-state index in [0.29, 0.717) is 10.4 Å². The SMILES string of the molecule is CCC[Si]1CCC(CCC2CCC(c3ccc(Br)c(F)c3)CC2)CC1. The Hall–Kier alpha value is -0.153. The van der Waals surface area contributed by atoms with Crippen molar-refractivity contribution in [3.05, 3.63) is 34.1 Å². The summed E-state index contributed by atoms with van der Waals surface area (Å²) >= 11 is 3.26. The largest absolute Gasteiger partial charge is 0.206 e. The lowest BCUT2D eigenvalue weighted by Crippen LogP contribution is -2.22. The van der Waals surface area contributed by atoms with Crippen LogP contribution >= 0.6 is 15.9 Å². The van der Waals surface area contributed by atoms with Gasteiger partial charge in [0.05, 0.1) is 4.47 Å². The summed E-state index contributed by atoms with van der Waals surface area (Å²) in [7, 11) is 0.0483. The summed E-state index contributed by atoms with van der Waals surface area (Å²) in [4.78, 5) is 0. The van der Waals surface area contributed by atoms with Crippen molar-refractivity contribution < 1.29 is 4.39 Å². The minimum absolute atomic E-state index is 0.0483. The second-order valence-corrected chi connectivity index (χ2v) is 12.3. The van der Waals surface area contributed by atoms with E-state index < -0.39 is 0 Å². The predicted molar refractivity (Wildman–Crippen MR) is 111 cm³/mol. The van der Waals surface area contributed by atoms with Crippen LogP contribution in [0.5, 0.6) is 0 Å². The Labute approximate surface area is 163 Å². The highest BCUT2D eigenvalue weighted by Crippen LogP contribution is 2.40. The molecule has 2 fully saturated rings. The average Bonchev–Trinajstić information content (AvgIpc) is 2.64. The lowest BCUT2D eigenvalue weighted by Gasteiger charge is -2.31. The Bertz CT molecular complexity index is 531. The first-order valence-corrected chi connectivity index (χ1v) is 13.4. The van der Waals surface area contributed by atoms with Crippen LogP contribution in [0.4, 0.5) is 4.39 Å². The standard InChI is InChI=1S/C22H33BrFSi/c1-2-13-25-14-11-18(12-15-25)4-3-17-5-7-19(8-6-17)20-9-10-21(23)22(24)16-20/h9-10,16-19H,2-8,11-15H2,1H3. The third kappa shape index (κ3) is 5.66. The molecule has 3 rings (SSSR count). The summed E-state index contributed by atoms with van der Waals surface area (Å²) in [5, 5.41) is 0. The van der Waals surface area contributed by atoms with E-state index in [2.05, 4.69) is 28.9 Å². The van der Waals surface area contributed by atoms with Crippen molar-refractivity contribution in [2.75, 3.05) is 0 Å². The molecule has 3 heteroatoms. The van der Waals surface area contributed by atoms with Gasteiger partial charge in [0.1, 0.15) is 5.82 Å². The van der Waals surface area contributed by atoms with Crippen molar-refractivity contribution in [3.63, 3.8) is 0 Å². The smallest absolute Gasteiger partial charge is 0.137 e. The van der Waals surface area contributed by atoms with Gasteiger partial charge >= 0.3 is 0 Å². The van der Waals surface area contributed by atoms with Gasteiger partial charge in [-0.05, 0) is 77.1 Å². The summed E-state index contributed by atoms with van der Waals surface area (Å²) in [6.45, 7) is 2.35. The highest BCUT2D eigenvalue weighted by Gasteiger charge is 2.25. The van der Waals surface area contributed by atoms with Gasteiger partial charge in [0.25, 0.3) is 0 Å². The van der Waals surface area contributed by atoms with Gasteiger partial charge < -0.3 is 0 Å². The first kappa shape index (κ1) is 19.6. The molecule has 0 amide bonds. The summed E-state index contributed by atoms with van der Waals surface area (Å²) in [5.41, 5.74) is 1.21. The Morgan fingerprint density at radius 1 is 1.00 bits per heavy atom. The summed E-state index contributed by atoms with van der Waals surface area (Å²) in [6, 6.07) is 10.4. The predicted octanol–water partition coefficient (Wildman–Crippen LogP) is 7.96. The van der Waals surface area contributed by atoms with Crippen molar-refractivity contribution in [3.8, 4) is 0 Å². The molecular weight excluding hydrogens is 391 g/mol. The van der Waals surface area contributed by atoms with E-state index in [4.69, 9.17) is 0 Å². The number of hydrogen-bond donors (Lipinski definition) is 0. The van der Waals surface area contributed by atoms with Crippen LogP contribution in [-0.4, -0.2) is 8.80 Å². The maximum absolute atomic E-state index is 13.8. The van der Waals surface area contributed by atoms with Gasteiger partial charge in [0, 0.05) is 8.80 Å². The Morgan fingerprint density at radius 3 is 2.24 bits per heavy atom. The fourth-order valence-corrected chi connectivity index (χ4v) is 8.34. The van der Waals surface area contributed by atoms with Crippen LogP contribution in [0, 0.1) is 17.7 Å². The van der Waals surface area contributed by atoms with E-state index in [-0.39, 0.29) is 14.6 Å². The van der Waals surface area contributed by atoms with Crippen LogP contribution in [0.2, 0.25) is 18.1 Å². The molecule has 1 saturated heterocycles. The van der Waals surface area contributed by atoms with Crippen LogP contribution in [-0.2, 0) is 0 Å². The lowest BCUT2D eigenvalue weighted by atomic mass is 9.76. The van der Waals surface area contributed by atoms with Crippen molar-refractivity contribution in [2.24, 2.45) is 11.8 Å². The third-order valence-electron chi connectivity index (χ3n) is 6.66. The van der Waals surface area contributed by atoms with Gasteiger partial charge in [-0.15, -0.1) is 0 Å². The van der Waals surface area contributed by atoms with E-state index in [1.54, 1.807) is 24.2 Å². The van der Waals surface area contributed by atoms with Gasteiger partial charge in [-0.3, -0.25) is 0 Å². The maximum Gasteiger partial charge on any atom is 0.137 e. The molecule has 25 heavy (non-hydrogen) atoms. The molecule has 1 radical (unpaired) electrons. The Morgan fingerprint density at radius 2 is 1.64 bits per heavy atom. The van der Waals surface area contributed by atoms with Crippen molar-refractivity contribution in [1.82, 2.24) is 0 Å². The molecule has 0 N–H and O–H groups in total. The average molecular weight is 424 g/mol. The highest BCUT2D eigenvalue weighted by molar-refractivity contribution is 9.10. The van der Waals surface area contributed by atoms with Gasteiger partial charge in [0.15, 0.2) is 0 Å². The Balaban J connectivity index is 1.37. The summed E-state index contributed by atoms with van der Waals surface area (Å²) < 4.78 is 14.4. The molecule has 1 aromatic carbocycles. The highest BCUT2D eigenvalue weighted by atomic mass is 79.9. The van der Waals surface area contributed by atoms with Crippen LogP contribution < -0.4 is 0 Å². The molecule has 0 aromatic heterocycles. The molecule has 0 bridgehead atoms. The zero-order valence-corrected chi connectivity index (χ0v) is 18.3. The lowest BCUT2D eigenvalue weighted by molar-refractivity contribution is 0.280. The quantitative estimate of drug-likeness (QED) is 0.406. The first-order valence-electron chi connectivity index (χ1n) is 10.4. The second kappa shape index (κ2) is 9.69. The third-order valence-corrected chi connectivity index (χ3v) is 10.5. The summed E-state index contributed by atoms with van der Waals surface area (Å²) in [5.74, 6) is 2.43. The van der Waals surface area contributed by atoms with Crippen molar-refractivity contribution >= 4 is 24.7 Å². The van der Waals surface area contributed by atoms with E-state index >= 15 is 0 Å².